The molecule has 10 heteroatoms. The molecule has 2 heterocycles. The van der Waals surface area contributed by atoms with Crippen LogP contribution >= 0.6 is 0 Å². The molecule has 2 aromatic heterocycles. The van der Waals surface area contributed by atoms with E-state index in [1.807, 2.05) is 38.1 Å². The lowest BCUT2D eigenvalue weighted by Crippen LogP contribution is -2.38. The predicted octanol–water partition coefficient (Wildman–Crippen LogP) is 0.745. The number of hydrogen-bond donors (Lipinski definition) is 2. The molecule has 0 radical (unpaired) electrons. The van der Waals surface area contributed by atoms with Crippen molar-refractivity contribution in [3.8, 4) is 0 Å². The fraction of sp³-hybridized carbons (Fsp3) is 0.412. The number of imidazole rings is 1. The van der Waals surface area contributed by atoms with Crippen molar-refractivity contribution in [2.75, 3.05) is 24.3 Å². The Balaban J connectivity index is 1.84. The number of urea groups is 1. The number of amides is 2. The topological polar surface area (TPSA) is 102 Å². The molecule has 0 aliphatic carbocycles. The molecule has 0 aliphatic rings. The number of carbonyl (C=O) groups excluding carboxylic acids is 1. The molecule has 0 unspecified atom stereocenters. The zero-order valence-electron chi connectivity index (χ0n) is 16.1. The molecule has 2 N–H and O–H groups in total. The van der Waals surface area contributed by atoms with Gasteiger partial charge in [0.25, 0.3) is 0 Å². The fourth-order valence-corrected chi connectivity index (χ4v) is 3.04. The summed E-state index contributed by atoms with van der Waals surface area (Å²) in [5.41, 5.74) is 2.87. The number of benzene rings is 1. The number of anilines is 2. The molecule has 0 bridgehead atoms. The van der Waals surface area contributed by atoms with Crippen LogP contribution in [-0.4, -0.2) is 50.1 Å². The van der Waals surface area contributed by atoms with E-state index in [0.29, 0.717) is 12.2 Å². The standard InChI is InChI=1S/C17H24N8O2/c1-11(8-25-10-18-9-19-25)20-16(26)21-12-6-14-15(7-13(12)22(2)3)24(5)17(27)23(14)4/h6-7,9-11H,8H2,1-5H3,(H2,20,21,26)/t11-/m1/s1. The molecule has 1 atom stereocenters. The first-order chi connectivity index (χ1) is 12.8. The van der Waals surface area contributed by atoms with Crippen LogP contribution < -0.4 is 21.2 Å². The average molecular weight is 372 g/mol. The summed E-state index contributed by atoms with van der Waals surface area (Å²) in [6, 6.07) is 3.24. The van der Waals surface area contributed by atoms with Gasteiger partial charge in [0.15, 0.2) is 0 Å². The van der Waals surface area contributed by atoms with Gasteiger partial charge in [-0.2, -0.15) is 5.10 Å². The van der Waals surface area contributed by atoms with Crippen LogP contribution in [0.15, 0.2) is 29.6 Å². The van der Waals surface area contributed by atoms with Crippen LogP contribution in [0.25, 0.3) is 11.0 Å². The summed E-state index contributed by atoms with van der Waals surface area (Å²) >= 11 is 0. The molecular formula is C17H24N8O2. The van der Waals surface area contributed by atoms with Crippen LogP contribution in [0.3, 0.4) is 0 Å². The van der Waals surface area contributed by atoms with Gasteiger partial charge in [0.1, 0.15) is 12.7 Å². The van der Waals surface area contributed by atoms with Crippen molar-refractivity contribution in [2.24, 2.45) is 14.1 Å². The molecule has 0 aliphatic heterocycles. The molecule has 0 saturated heterocycles. The minimum Gasteiger partial charge on any atom is -0.376 e. The fourth-order valence-electron chi connectivity index (χ4n) is 3.04. The Hall–Kier alpha value is -3.30. The smallest absolute Gasteiger partial charge is 0.328 e. The highest BCUT2D eigenvalue weighted by molar-refractivity contribution is 5.97. The monoisotopic (exact) mass is 372 g/mol. The number of aromatic nitrogens is 5. The van der Waals surface area contributed by atoms with E-state index in [2.05, 4.69) is 20.7 Å². The summed E-state index contributed by atoms with van der Waals surface area (Å²) in [6.07, 6.45) is 3.06. The van der Waals surface area contributed by atoms with Crippen molar-refractivity contribution in [1.82, 2.24) is 29.2 Å². The third-order valence-electron chi connectivity index (χ3n) is 4.42. The number of nitrogens with zero attached hydrogens (tertiary/aromatic N) is 6. The van der Waals surface area contributed by atoms with Gasteiger partial charge in [-0.15, -0.1) is 0 Å². The highest BCUT2D eigenvalue weighted by Gasteiger charge is 2.16. The van der Waals surface area contributed by atoms with Crippen LogP contribution in [0.4, 0.5) is 16.2 Å². The lowest BCUT2D eigenvalue weighted by atomic mass is 10.2. The van der Waals surface area contributed by atoms with Gasteiger partial charge in [0.2, 0.25) is 0 Å². The van der Waals surface area contributed by atoms with Crippen molar-refractivity contribution in [1.29, 1.82) is 0 Å². The largest absolute Gasteiger partial charge is 0.376 e. The first-order valence-electron chi connectivity index (χ1n) is 8.54. The molecule has 10 nitrogen and oxygen atoms in total. The van der Waals surface area contributed by atoms with E-state index >= 15 is 0 Å². The number of hydrogen-bond acceptors (Lipinski definition) is 5. The van der Waals surface area contributed by atoms with Gasteiger partial charge in [-0.1, -0.05) is 0 Å². The van der Waals surface area contributed by atoms with Crippen molar-refractivity contribution in [3.63, 3.8) is 0 Å². The van der Waals surface area contributed by atoms with Crippen LogP contribution in [0.1, 0.15) is 6.92 Å². The van der Waals surface area contributed by atoms with Crippen molar-refractivity contribution < 1.29 is 4.79 Å². The summed E-state index contributed by atoms with van der Waals surface area (Å²) in [5, 5.41) is 9.80. The van der Waals surface area contributed by atoms with Gasteiger partial charge in [-0.25, -0.2) is 14.6 Å². The lowest BCUT2D eigenvalue weighted by molar-refractivity contribution is 0.247. The third-order valence-corrected chi connectivity index (χ3v) is 4.42. The highest BCUT2D eigenvalue weighted by atomic mass is 16.2. The number of rotatable bonds is 5. The van der Waals surface area contributed by atoms with E-state index < -0.39 is 0 Å². The molecule has 0 fully saturated rings. The maximum atomic E-state index is 12.5. The molecule has 3 aromatic rings. The van der Waals surface area contributed by atoms with Gasteiger partial charge in [0, 0.05) is 34.2 Å². The molecular weight excluding hydrogens is 348 g/mol. The SMILES string of the molecule is C[C@H](Cn1cncn1)NC(=O)Nc1cc2c(cc1N(C)C)n(C)c(=O)n2C. The first kappa shape index (κ1) is 18.5. The molecule has 0 spiro atoms. The third kappa shape index (κ3) is 3.64. The summed E-state index contributed by atoms with van der Waals surface area (Å²) in [4.78, 5) is 30.4. The van der Waals surface area contributed by atoms with Gasteiger partial charge < -0.3 is 15.5 Å². The summed E-state index contributed by atoms with van der Waals surface area (Å²) < 4.78 is 4.81. The minimum absolute atomic E-state index is 0.113. The second-order valence-electron chi connectivity index (χ2n) is 6.77. The van der Waals surface area contributed by atoms with Crippen LogP contribution in [-0.2, 0) is 20.6 Å². The zero-order valence-corrected chi connectivity index (χ0v) is 16.1. The summed E-state index contributed by atoms with van der Waals surface area (Å²) in [6.45, 7) is 2.40. The molecule has 1 aromatic carbocycles. The normalized spacial score (nSPS) is 12.2. The Morgan fingerprint density at radius 1 is 1.22 bits per heavy atom. The Morgan fingerprint density at radius 2 is 1.89 bits per heavy atom. The van der Waals surface area contributed by atoms with E-state index in [1.165, 1.54) is 6.33 Å². The van der Waals surface area contributed by atoms with Gasteiger partial charge in [-0.05, 0) is 19.1 Å². The molecule has 144 valence electrons. The van der Waals surface area contributed by atoms with Gasteiger partial charge >= 0.3 is 11.7 Å². The second-order valence-corrected chi connectivity index (χ2v) is 6.77. The Bertz CT molecular complexity index is 1020. The van der Waals surface area contributed by atoms with Gasteiger partial charge in [0.05, 0.1) is 29.0 Å². The summed E-state index contributed by atoms with van der Waals surface area (Å²) in [7, 11) is 7.22. The van der Waals surface area contributed by atoms with Crippen molar-refractivity contribution in [3.05, 3.63) is 35.3 Å². The Morgan fingerprint density at radius 3 is 2.48 bits per heavy atom. The number of aryl methyl sites for hydroxylation is 2. The van der Waals surface area contributed by atoms with E-state index in [4.69, 9.17) is 0 Å². The van der Waals surface area contributed by atoms with E-state index in [0.717, 1.165) is 16.7 Å². The quantitative estimate of drug-likeness (QED) is 0.688. The van der Waals surface area contributed by atoms with Crippen molar-refractivity contribution >= 4 is 28.4 Å². The summed E-state index contributed by atoms with van der Waals surface area (Å²) in [5.74, 6) is 0. The highest BCUT2D eigenvalue weighted by Crippen LogP contribution is 2.29. The van der Waals surface area contributed by atoms with Crippen molar-refractivity contribution in [2.45, 2.75) is 19.5 Å². The first-order valence-corrected chi connectivity index (χ1v) is 8.54. The predicted molar refractivity (Wildman–Crippen MR) is 104 cm³/mol. The number of fused-ring (bicyclic) bond motifs is 1. The van der Waals surface area contributed by atoms with Crippen LogP contribution in [0.2, 0.25) is 0 Å². The lowest BCUT2D eigenvalue weighted by Gasteiger charge is -2.20. The second kappa shape index (κ2) is 7.14. The molecule has 27 heavy (non-hydrogen) atoms. The number of carbonyl (C=O) groups is 1. The van der Waals surface area contributed by atoms with E-state index in [-0.39, 0.29) is 17.8 Å². The zero-order chi connectivity index (χ0) is 19.7. The molecule has 3 rings (SSSR count). The molecule has 0 saturated carbocycles. The van der Waals surface area contributed by atoms with Crippen LogP contribution in [0, 0.1) is 0 Å². The Kier molecular flexibility index (Phi) is 4.89. The molecule has 2 amide bonds. The maximum absolute atomic E-state index is 12.5. The van der Waals surface area contributed by atoms with Gasteiger partial charge in [-0.3, -0.25) is 13.8 Å². The Labute approximate surface area is 156 Å². The maximum Gasteiger partial charge on any atom is 0.328 e. The van der Waals surface area contributed by atoms with E-state index in [9.17, 15) is 9.59 Å². The number of nitrogens with one attached hydrogen (secondary N) is 2. The van der Waals surface area contributed by atoms with Crippen LogP contribution in [0.5, 0.6) is 0 Å². The average Bonchev–Trinajstić information content (AvgIpc) is 3.17. The minimum atomic E-state index is -0.328. The van der Waals surface area contributed by atoms with E-state index in [1.54, 1.807) is 34.2 Å².